The van der Waals surface area contributed by atoms with E-state index >= 15 is 0 Å². The third-order valence-electron chi connectivity index (χ3n) is 5.71. The molecule has 150 valence electrons. The van der Waals surface area contributed by atoms with Gasteiger partial charge in [-0.05, 0) is 43.7 Å². The molecule has 0 amide bonds. The zero-order valence-corrected chi connectivity index (χ0v) is 16.8. The first-order chi connectivity index (χ1) is 13.7. The van der Waals surface area contributed by atoms with Gasteiger partial charge >= 0.3 is 0 Å². The lowest BCUT2D eigenvalue weighted by Gasteiger charge is -2.33. The molecule has 2 saturated heterocycles. The molecule has 0 aliphatic carbocycles. The number of hydrogen-bond acceptors (Lipinski definition) is 5. The Hall–Kier alpha value is -2.05. The molecule has 0 spiro atoms. The van der Waals surface area contributed by atoms with E-state index in [2.05, 4.69) is 39.6 Å². The van der Waals surface area contributed by atoms with E-state index in [4.69, 9.17) is 16.3 Å². The summed E-state index contributed by atoms with van der Waals surface area (Å²) in [4.78, 5) is 15.1. The zero-order valence-electron chi connectivity index (χ0n) is 16.0. The van der Waals surface area contributed by atoms with Gasteiger partial charge in [0.2, 0.25) is 0 Å². The SMILES string of the molecule is O=c1c(Cl)c(NC[C@@H]2CCCOC2)cnn1C1CCN(c2ccccc2)CC1. The van der Waals surface area contributed by atoms with Crippen LogP contribution in [0.15, 0.2) is 41.3 Å². The van der Waals surface area contributed by atoms with Gasteiger partial charge in [0.1, 0.15) is 5.02 Å². The van der Waals surface area contributed by atoms with Crippen LogP contribution in [0.25, 0.3) is 0 Å². The highest BCUT2D eigenvalue weighted by Gasteiger charge is 2.24. The molecular weight excluding hydrogens is 376 g/mol. The smallest absolute Gasteiger partial charge is 0.287 e. The number of hydrogen-bond donors (Lipinski definition) is 1. The summed E-state index contributed by atoms with van der Waals surface area (Å²) in [6.45, 7) is 4.16. The third kappa shape index (κ3) is 4.33. The molecule has 0 bridgehead atoms. The molecule has 7 heteroatoms. The van der Waals surface area contributed by atoms with Crippen molar-refractivity contribution in [2.24, 2.45) is 5.92 Å². The molecular formula is C21H27ClN4O2. The average molecular weight is 403 g/mol. The van der Waals surface area contributed by atoms with Gasteiger partial charge in [0.25, 0.3) is 5.56 Å². The summed E-state index contributed by atoms with van der Waals surface area (Å²) >= 11 is 6.38. The number of para-hydroxylation sites is 1. The zero-order chi connectivity index (χ0) is 19.3. The van der Waals surface area contributed by atoms with Gasteiger partial charge in [-0.3, -0.25) is 4.79 Å². The van der Waals surface area contributed by atoms with E-state index in [9.17, 15) is 4.79 Å². The van der Waals surface area contributed by atoms with Gasteiger partial charge in [-0.25, -0.2) is 4.68 Å². The second kappa shape index (κ2) is 8.97. The standard InChI is InChI=1S/C21H27ClN4O2/c22-20-19(23-13-16-5-4-12-28-15-16)14-24-26(21(20)27)18-8-10-25(11-9-18)17-6-2-1-3-7-17/h1-3,6-7,14,16,18,23H,4-5,8-13,15H2/t16-/m0/s1. The van der Waals surface area contributed by atoms with Crippen molar-refractivity contribution in [1.29, 1.82) is 0 Å². The molecule has 0 radical (unpaired) electrons. The monoisotopic (exact) mass is 402 g/mol. The highest BCUT2D eigenvalue weighted by Crippen LogP contribution is 2.26. The Kier molecular flexibility index (Phi) is 6.17. The molecule has 2 fully saturated rings. The molecule has 1 aromatic heterocycles. The van der Waals surface area contributed by atoms with Crippen LogP contribution in [0.3, 0.4) is 0 Å². The molecule has 0 unspecified atom stereocenters. The lowest BCUT2D eigenvalue weighted by molar-refractivity contribution is 0.0595. The third-order valence-corrected chi connectivity index (χ3v) is 6.08. The van der Waals surface area contributed by atoms with Crippen molar-refractivity contribution in [3.8, 4) is 0 Å². The largest absolute Gasteiger partial charge is 0.382 e. The molecule has 3 heterocycles. The summed E-state index contributed by atoms with van der Waals surface area (Å²) in [5, 5.41) is 7.95. The quantitative estimate of drug-likeness (QED) is 0.828. The van der Waals surface area contributed by atoms with E-state index in [0.717, 1.165) is 58.5 Å². The highest BCUT2D eigenvalue weighted by molar-refractivity contribution is 6.32. The van der Waals surface area contributed by atoms with Crippen LogP contribution in [-0.4, -0.2) is 42.6 Å². The number of nitrogens with one attached hydrogen (secondary N) is 1. The summed E-state index contributed by atoms with van der Waals surface area (Å²) in [6.07, 6.45) is 5.67. The van der Waals surface area contributed by atoms with Crippen LogP contribution in [-0.2, 0) is 4.74 Å². The first-order valence-electron chi connectivity index (χ1n) is 10.1. The average Bonchev–Trinajstić information content (AvgIpc) is 2.76. The Morgan fingerprint density at radius 1 is 1.18 bits per heavy atom. The summed E-state index contributed by atoms with van der Waals surface area (Å²) in [5.74, 6) is 0.453. The van der Waals surface area contributed by atoms with Gasteiger partial charge in [0.15, 0.2) is 0 Å². The minimum atomic E-state index is -0.204. The van der Waals surface area contributed by atoms with E-state index in [1.807, 2.05) is 6.07 Å². The molecule has 0 saturated carbocycles. The van der Waals surface area contributed by atoms with Gasteiger partial charge < -0.3 is 15.0 Å². The number of benzene rings is 1. The number of rotatable bonds is 5. The first-order valence-corrected chi connectivity index (χ1v) is 10.5. The summed E-state index contributed by atoms with van der Waals surface area (Å²) in [6, 6.07) is 10.5. The molecule has 2 aliphatic rings. The summed E-state index contributed by atoms with van der Waals surface area (Å²) in [5.41, 5.74) is 1.64. The first kappa shape index (κ1) is 19.3. The normalized spacial score (nSPS) is 20.9. The van der Waals surface area contributed by atoms with Gasteiger partial charge in [-0.15, -0.1) is 0 Å². The number of ether oxygens (including phenoxy) is 1. The molecule has 28 heavy (non-hydrogen) atoms. The number of anilines is 2. The van der Waals surface area contributed by atoms with E-state index in [1.165, 1.54) is 5.69 Å². The van der Waals surface area contributed by atoms with Gasteiger partial charge in [-0.1, -0.05) is 29.8 Å². The molecule has 2 aliphatic heterocycles. The Bertz CT molecular complexity index is 828. The second-order valence-electron chi connectivity index (χ2n) is 7.64. The minimum Gasteiger partial charge on any atom is -0.382 e. The van der Waals surface area contributed by atoms with Crippen LogP contribution in [0.2, 0.25) is 5.02 Å². The Labute approximate surface area is 170 Å². The summed E-state index contributed by atoms with van der Waals surface area (Å²) in [7, 11) is 0. The Balaban J connectivity index is 1.39. The van der Waals surface area contributed by atoms with E-state index in [1.54, 1.807) is 10.9 Å². The predicted octanol–water partition coefficient (Wildman–Crippen LogP) is 3.58. The summed E-state index contributed by atoms with van der Waals surface area (Å²) < 4.78 is 7.07. The van der Waals surface area contributed by atoms with Gasteiger partial charge in [0.05, 0.1) is 24.5 Å². The fraction of sp³-hybridized carbons (Fsp3) is 0.524. The van der Waals surface area contributed by atoms with E-state index in [-0.39, 0.29) is 16.6 Å². The number of nitrogens with zero attached hydrogens (tertiary/aromatic N) is 3. The lowest BCUT2D eigenvalue weighted by atomic mass is 10.0. The number of halogens is 1. The number of aromatic nitrogens is 2. The van der Waals surface area contributed by atoms with Crippen molar-refractivity contribution in [2.45, 2.75) is 31.7 Å². The van der Waals surface area contributed by atoms with E-state index in [0.29, 0.717) is 11.6 Å². The lowest BCUT2D eigenvalue weighted by Crippen LogP contribution is -2.38. The molecule has 4 rings (SSSR count). The fourth-order valence-electron chi connectivity index (χ4n) is 4.06. The molecule has 1 atom stereocenters. The predicted molar refractivity (Wildman–Crippen MR) is 112 cm³/mol. The van der Waals surface area contributed by atoms with Crippen molar-refractivity contribution >= 4 is 23.0 Å². The Morgan fingerprint density at radius 3 is 2.68 bits per heavy atom. The van der Waals surface area contributed by atoms with Gasteiger partial charge in [-0.2, -0.15) is 5.10 Å². The number of piperidine rings is 1. The topological polar surface area (TPSA) is 59.4 Å². The molecule has 6 nitrogen and oxygen atoms in total. The van der Waals surface area contributed by atoms with Crippen molar-refractivity contribution in [3.05, 3.63) is 51.9 Å². The van der Waals surface area contributed by atoms with Crippen molar-refractivity contribution in [3.63, 3.8) is 0 Å². The van der Waals surface area contributed by atoms with Crippen molar-refractivity contribution < 1.29 is 4.74 Å². The minimum absolute atomic E-state index is 0.0887. The maximum Gasteiger partial charge on any atom is 0.287 e. The van der Waals surface area contributed by atoms with Crippen LogP contribution in [0.1, 0.15) is 31.7 Å². The fourth-order valence-corrected chi connectivity index (χ4v) is 4.26. The highest BCUT2D eigenvalue weighted by atomic mass is 35.5. The van der Waals surface area contributed by atoms with E-state index < -0.39 is 0 Å². The van der Waals surface area contributed by atoms with Crippen LogP contribution >= 0.6 is 11.6 Å². The molecule has 1 aromatic carbocycles. The second-order valence-corrected chi connectivity index (χ2v) is 8.02. The van der Waals surface area contributed by atoms with Gasteiger partial charge in [0, 0.05) is 31.9 Å². The van der Waals surface area contributed by atoms with Crippen molar-refractivity contribution in [2.75, 3.05) is 43.1 Å². The van der Waals surface area contributed by atoms with Crippen molar-refractivity contribution in [1.82, 2.24) is 9.78 Å². The maximum absolute atomic E-state index is 12.8. The molecule has 2 aromatic rings. The van der Waals surface area contributed by atoms with Crippen LogP contribution in [0.4, 0.5) is 11.4 Å². The molecule has 1 N–H and O–H groups in total. The van der Waals surface area contributed by atoms with Crippen LogP contribution in [0.5, 0.6) is 0 Å². The van der Waals surface area contributed by atoms with Crippen LogP contribution < -0.4 is 15.8 Å². The Morgan fingerprint density at radius 2 is 1.96 bits per heavy atom. The maximum atomic E-state index is 12.8. The van der Waals surface area contributed by atoms with Crippen LogP contribution in [0, 0.1) is 5.92 Å².